The summed E-state index contributed by atoms with van der Waals surface area (Å²) in [5, 5.41) is 7.98. The minimum absolute atomic E-state index is 0.0458. The van der Waals surface area contributed by atoms with Gasteiger partial charge in [-0.25, -0.2) is 0 Å². The number of nitrogens with zero attached hydrogens (tertiary/aromatic N) is 1. The highest BCUT2D eigenvalue weighted by atomic mass is 32.1. The smallest absolute Gasteiger partial charge is 0.302 e. The zero-order valence-corrected chi connectivity index (χ0v) is 15.3. The number of hydrogen-bond donors (Lipinski definition) is 3. The first-order valence-corrected chi connectivity index (χ1v) is 8.30. The number of amides is 2. The molecule has 8 nitrogen and oxygen atoms in total. The maximum atomic E-state index is 12.2. The summed E-state index contributed by atoms with van der Waals surface area (Å²) in [6.45, 7) is 1.42. The highest BCUT2D eigenvalue weighted by molar-refractivity contribution is 7.80. The molecule has 9 heteroatoms. The van der Waals surface area contributed by atoms with Gasteiger partial charge in [0.05, 0.1) is 7.11 Å². The van der Waals surface area contributed by atoms with E-state index in [1.165, 1.54) is 6.92 Å². The number of anilines is 2. The molecule has 0 saturated heterocycles. The van der Waals surface area contributed by atoms with Crippen LogP contribution in [0.5, 0.6) is 5.75 Å². The molecule has 0 radical (unpaired) electrons. The van der Waals surface area contributed by atoms with Gasteiger partial charge in [-0.15, -0.1) is 0 Å². The second kappa shape index (κ2) is 7.83. The molecule has 3 N–H and O–H groups in total. The van der Waals surface area contributed by atoms with Gasteiger partial charge in [-0.1, -0.05) is 0 Å². The third kappa shape index (κ3) is 4.59. The number of aromatic nitrogens is 1. The van der Waals surface area contributed by atoms with Crippen molar-refractivity contribution in [3.05, 3.63) is 48.0 Å². The van der Waals surface area contributed by atoms with Crippen molar-refractivity contribution in [1.29, 1.82) is 0 Å². The average Bonchev–Trinajstić information content (AvgIpc) is 3.02. The van der Waals surface area contributed by atoms with Gasteiger partial charge < -0.3 is 14.5 Å². The van der Waals surface area contributed by atoms with Crippen molar-refractivity contribution in [1.82, 2.24) is 10.3 Å². The van der Waals surface area contributed by atoms with E-state index < -0.39 is 0 Å². The van der Waals surface area contributed by atoms with Gasteiger partial charge in [0.15, 0.2) is 10.7 Å². The largest absolute Gasteiger partial charge is 0.497 e. The monoisotopic (exact) mass is 384 g/mol. The van der Waals surface area contributed by atoms with Crippen molar-refractivity contribution in [2.24, 2.45) is 0 Å². The fourth-order valence-electron chi connectivity index (χ4n) is 2.31. The maximum Gasteiger partial charge on any atom is 0.302 e. The normalized spacial score (nSPS) is 10.3. The minimum Gasteiger partial charge on any atom is -0.497 e. The lowest BCUT2D eigenvalue weighted by atomic mass is 10.2. The molecule has 138 valence electrons. The number of carbonyl (C=O) groups excluding carboxylic acids is 2. The second-order valence-electron chi connectivity index (χ2n) is 5.52. The van der Waals surface area contributed by atoms with Crippen LogP contribution in [0.15, 0.2) is 46.9 Å². The molecule has 1 heterocycles. The SMILES string of the molecule is COc1ccc(C(=O)NC(=S)Nc2nc3ccc(NC(C)=O)cc3o2)cc1. The summed E-state index contributed by atoms with van der Waals surface area (Å²) in [4.78, 5) is 27.5. The number of rotatable bonds is 4. The van der Waals surface area contributed by atoms with Crippen molar-refractivity contribution >= 4 is 51.9 Å². The average molecular weight is 384 g/mol. The van der Waals surface area contributed by atoms with Gasteiger partial charge in [-0.3, -0.25) is 20.2 Å². The van der Waals surface area contributed by atoms with E-state index in [4.69, 9.17) is 21.4 Å². The van der Waals surface area contributed by atoms with E-state index in [-0.39, 0.29) is 22.9 Å². The fourth-order valence-corrected chi connectivity index (χ4v) is 2.49. The Kier molecular flexibility index (Phi) is 5.32. The zero-order valence-electron chi connectivity index (χ0n) is 14.5. The number of thiocarbonyl (C=S) groups is 1. The molecule has 0 unspecified atom stereocenters. The number of ether oxygens (including phenoxy) is 1. The van der Waals surface area contributed by atoms with Crippen molar-refractivity contribution in [3.8, 4) is 5.75 Å². The Labute approximate surface area is 159 Å². The lowest BCUT2D eigenvalue weighted by molar-refractivity contribution is -0.114. The van der Waals surface area contributed by atoms with Crippen molar-refractivity contribution in [2.45, 2.75) is 6.92 Å². The molecule has 1 aromatic heterocycles. The highest BCUT2D eigenvalue weighted by Gasteiger charge is 2.12. The van der Waals surface area contributed by atoms with Crippen molar-refractivity contribution < 1.29 is 18.7 Å². The van der Waals surface area contributed by atoms with E-state index in [0.717, 1.165) is 0 Å². The van der Waals surface area contributed by atoms with Crippen LogP contribution in [0, 0.1) is 0 Å². The molecule has 0 aliphatic rings. The Hall–Kier alpha value is -3.46. The van der Waals surface area contributed by atoms with Crippen LogP contribution in [0.1, 0.15) is 17.3 Å². The number of nitrogens with one attached hydrogen (secondary N) is 3. The Morgan fingerprint density at radius 1 is 1.11 bits per heavy atom. The van der Waals surface area contributed by atoms with Gasteiger partial charge >= 0.3 is 6.01 Å². The maximum absolute atomic E-state index is 12.2. The van der Waals surface area contributed by atoms with Crippen molar-refractivity contribution in [3.63, 3.8) is 0 Å². The number of fused-ring (bicyclic) bond motifs is 1. The van der Waals surface area contributed by atoms with Crippen LogP contribution in [0.3, 0.4) is 0 Å². The molecule has 3 aromatic rings. The Morgan fingerprint density at radius 3 is 2.52 bits per heavy atom. The quantitative estimate of drug-likeness (QED) is 0.594. The minimum atomic E-state index is -0.376. The summed E-state index contributed by atoms with van der Waals surface area (Å²) in [6.07, 6.45) is 0. The van der Waals surface area contributed by atoms with Crippen LogP contribution in [-0.2, 0) is 4.79 Å². The summed E-state index contributed by atoms with van der Waals surface area (Å²) in [5.74, 6) is 0.0891. The number of hydrogen-bond acceptors (Lipinski definition) is 6. The standard InChI is InChI=1S/C18H16N4O4S/c1-10(23)19-12-5-8-14-15(9-12)26-17(20-14)22-18(27)21-16(24)11-3-6-13(25-2)7-4-11/h3-9H,1-2H3,(H,19,23)(H2,20,21,22,24,27). The van der Waals surface area contributed by atoms with E-state index in [9.17, 15) is 9.59 Å². The topological polar surface area (TPSA) is 105 Å². The second-order valence-corrected chi connectivity index (χ2v) is 5.93. The summed E-state index contributed by atoms with van der Waals surface area (Å²) >= 11 is 5.12. The van der Waals surface area contributed by atoms with E-state index in [1.807, 2.05) is 0 Å². The van der Waals surface area contributed by atoms with E-state index in [2.05, 4.69) is 20.9 Å². The van der Waals surface area contributed by atoms with Gasteiger partial charge in [0.25, 0.3) is 5.91 Å². The summed E-state index contributed by atoms with van der Waals surface area (Å²) in [6, 6.07) is 11.8. The molecule has 2 amide bonds. The number of benzene rings is 2. The van der Waals surface area contributed by atoms with Crippen LogP contribution >= 0.6 is 12.2 Å². The zero-order chi connectivity index (χ0) is 19.4. The first-order chi connectivity index (χ1) is 12.9. The van der Waals surface area contributed by atoms with Gasteiger partial charge in [0.2, 0.25) is 5.91 Å². The highest BCUT2D eigenvalue weighted by Crippen LogP contribution is 2.22. The number of oxazole rings is 1. The third-order valence-electron chi connectivity index (χ3n) is 3.51. The van der Waals surface area contributed by atoms with E-state index in [0.29, 0.717) is 28.1 Å². The molecule has 0 aliphatic heterocycles. The molecule has 0 aliphatic carbocycles. The molecular formula is C18H16N4O4S. The molecule has 0 saturated carbocycles. The lowest BCUT2D eigenvalue weighted by Gasteiger charge is -2.07. The fraction of sp³-hybridized carbons (Fsp3) is 0.111. The van der Waals surface area contributed by atoms with Crippen LogP contribution < -0.4 is 20.7 Å². The van der Waals surface area contributed by atoms with Gasteiger partial charge in [-0.05, 0) is 48.6 Å². The Morgan fingerprint density at radius 2 is 1.85 bits per heavy atom. The van der Waals surface area contributed by atoms with Crippen molar-refractivity contribution in [2.75, 3.05) is 17.7 Å². The number of carbonyl (C=O) groups is 2. The van der Waals surface area contributed by atoms with Crippen LogP contribution in [-0.4, -0.2) is 29.0 Å². The molecule has 0 atom stereocenters. The van der Waals surface area contributed by atoms with Gasteiger partial charge in [-0.2, -0.15) is 4.98 Å². The summed E-state index contributed by atoms with van der Waals surface area (Å²) < 4.78 is 10.6. The molecule has 2 aromatic carbocycles. The molecule has 27 heavy (non-hydrogen) atoms. The molecule has 3 rings (SSSR count). The van der Waals surface area contributed by atoms with Gasteiger partial charge in [0.1, 0.15) is 11.3 Å². The van der Waals surface area contributed by atoms with Crippen LogP contribution in [0.25, 0.3) is 11.1 Å². The number of methoxy groups -OCH3 is 1. The summed E-state index contributed by atoms with van der Waals surface area (Å²) in [7, 11) is 1.55. The summed E-state index contributed by atoms with van der Waals surface area (Å²) in [5.41, 5.74) is 2.06. The van der Waals surface area contributed by atoms with E-state index in [1.54, 1.807) is 49.6 Å². The van der Waals surface area contributed by atoms with Gasteiger partial charge in [0, 0.05) is 24.2 Å². The predicted octanol–water partition coefficient (Wildman–Crippen LogP) is 2.92. The molecule has 0 spiro atoms. The van der Waals surface area contributed by atoms with E-state index >= 15 is 0 Å². The first-order valence-electron chi connectivity index (χ1n) is 7.89. The Balaban J connectivity index is 1.66. The molecule has 0 fully saturated rings. The van der Waals surface area contributed by atoms with Crippen LogP contribution in [0.2, 0.25) is 0 Å². The predicted molar refractivity (Wildman–Crippen MR) is 105 cm³/mol. The lowest BCUT2D eigenvalue weighted by Crippen LogP contribution is -2.34. The van der Waals surface area contributed by atoms with Crippen LogP contribution in [0.4, 0.5) is 11.7 Å². The molecular weight excluding hydrogens is 368 g/mol. The molecule has 0 bridgehead atoms. The first kappa shape index (κ1) is 18.3. The third-order valence-corrected chi connectivity index (χ3v) is 3.71. The Bertz CT molecular complexity index is 1010.